The van der Waals surface area contributed by atoms with Gasteiger partial charge in [-0.15, -0.1) is 0 Å². The molecule has 1 unspecified atom stereocenters. The predicted molar refractivity (Wildman–Crippen MR) is 124 cm³/mol. The lowest BCUT2D eigenvalue weighted by molar-refractivity contribution is -0.138. The lowest BCUT2D eigenvalue weighted by Gasteiger charge is -2.25. The molecule has 0 spiro atoms. The molecule has 32 heavy (non-hydrogen) atoms. The maximum atomic E-state index is 13.0. The summed E-state index contributed by atoms with van der Waals surface area (Å²) in [7, 11) is 3.34. The standard InChI is InChI=1S/C24H30N4O4/c1-4-32-24(30)22(23(25)18-9-7-10-19(14-18)27(2)31-3)20(26-16-29)15-28-13-12-17-8-5-6-11-21(17)28/h5-11,14,16,23H,4,12-13,15,25H2,1-3H3,(H,26,29)/b22-20+. The van der Waals surface area contributed by atoms with Crippen LogP contribution < -0.4 is 21.0 Å². The molecule has 3 N–H and O–H groups in total. The highest BCUT2D eigenvalue weighted by atomic mass is 16.7. The van der Waals surface area contributed by atoms with Gasteiger partial charge >= 0.3 is 5.97 Å². The number of ether oxygens (including phenoxy) is 1. The number of anilines is 2. The molecule has 1 aliphatic heterocycles. The van der Waals surface area contributed by atoms with Gasteiger partial charge in [-0.3, -0.25) is 14.7 Å². The number of carbonyl (C=O) groups excluding carboxylic acids is 2. The molecule has 170 valence electrons. The number of benzene rings is 2. The first-order valence-electron chi connectivity index (χ1n) is 10.6. The van der Waals surface area contributed by atoms with Gasteiger partial charge in [-0.2, -0.15) is 0 Å². The van der Waals surface area contributed by atoms with Crippen molar-refractivity contribution < 1.29 is 19.2 Å². The fourth-order valence-electron chi connectivity index (χ4n) is 3.87. The summed E-state index contributed by atoms with van der Waals surface area (Å²) in [6.07, 6.45) is 1.47. The Kier molecular flexibility index (Phi) is 7.86. The van der Waals surface area contributed by atoms with Crippen molar-refractivity contribution >= 4 is 23.8 Å². The molecular weight excluding hydrogens is 408 g/mol. The number of hydrogen-bond donors (Lipinski definition) is 2. The van der Waals surface area contributed by atoms with Crippen molar-refractivity contribution in [1.82, 2.24) is 5.32 Å². The molecule has 2 aromatic carbocycles. The van der Waals surface area contributed by atoms with E-state index in [0.29, 0.717) is 24.2 Å². The third-order valence-electron chi connectivity index (χ3n) is 5.56. The lowest BCUT2D eigenvalue weighted by Crippen LogP contribution is -2.34. The van der Waals surface area contributed by atoms with E-state index < -0.39 is 12.0 Å². The monoisotopic (exact) mass is 438 g/mol. The van der Waals surface area contributed by atoms with E-state index in [9.17, 15) is 9.59 Å². The molecule has 1 aliphatic rings. The smallest absolute Gasteiger partial charge is 0.337 e. The van der Waals surface area contributed by atoms with Crippen molar-refractivity contribution in [3.8, 4) is 0 Å². The van der Waals surface area contributed by atoms with Crippen LogP contribution >= 0.6 is 0 Å². The molecular formula is C24H30N4O4. The zero-order chi connectivity index (χ0) is 23.1. The number of nitrogens with two attached hydrogens (primary N) is 1. The van der Waals surface area contributed by atoms with Crippen LogP contribution in [-0.2, 0) is 25.6 Å². The molecule has 1 atom stereocenters. The maximum absolute atomic E-state index is 13.0. The Morgan fingerprint density at radius 2 is 2.06 bits per heavy atom. The fourth-order valence-corrected chi connectivity index (χ4v) is 3.87. The lowest BCUT2D eigenvalue weighted by atomic mass is 9.96. The van der Waals surface area contributed by atoms with Crippen LogP contribution in [0.3, 0.4) is 0 Å². The van der Waals surface area contributed by atoms with Crippen molar-refractivity contribution in [3.63, 3.8) is 0 Å². The first-order valence-corrected chi connectivity index (χ1v) is 10.6. The number of fused-ring (bicyclic) bond motifs is 1. The minimum atomic E-state index is -0.806. The van der Waals surface area contributed by atoms with Gasteiger partial charge in [0.2, 0.25) is 6.41 Å². The van der Waals surface area contributed by atoms with Crippen LogP contribution in [0, 0.1) is 0 Å². The van der Waals surface area contributed by atoms with Crippen molar-refractivity contribution in [3.05, 3.63) is 70.9 Å². The van der Waals surface area contributed by atoms with Gasteiger partial charge in [0.25, 0.3) is 0 Å². The summed E-state index contributed by atoms with van der Waals surface area (Å²) in [6.45, 7) is 3.04. The number of nitrogens with zero attached hydrogens (tertiary/aromatic N) is 2. The number of carbonyl (C=O) groups is 2. The molecule has 8 heteroatoms. The zero-order valence-electron chi connectivity index (χ0n) is 18.7. The van der Waals surface area contributed by atoms with Crippen molar-refractivity contribution in [2.45, 2.75) is 19.4 Å². The largest absolute Gasteiger partial charge is 0.463 e. The number of rotatable bonds is 10. The molecule has 1 amide bonds. The van der Waals surface area contributed by atoms with Crippen LogP contribution in [0.2, 0.25) is 0 Å². The second-order valence-electron chi connectivity index (χ2n) is 7.43. The topological polar surface area (TPSA) is 97.1 Å². The molecule has 0 fully saturated rings. The number of hydroxylamine groups is 1. The van der Waals surface area contributed by atoms with E-state index in [2.05, 4.69) is 16.3 Å². The van der Waals surface area contributed by atoms with Gasteiger partial charge < -0.3 is 20.7 Å². The van der Waals surface area contributed by atoms with Gasteiger partial charge in [-0.25, -0.2) is 4.79 Å². The van der Waals surface area contributed by atoms with Crippen LogP contribution in [-0.4, -0.2) is 46.2 Å². The van der Waals surface area contributed by atoms with E-state index in [1.807, 2.05) is 42.5 Å². The van der Waals surface area contributed by atoms with Gasteiger partial charge in [0.1, 0.15) is 0 Å². The summed E-state index contributed by atoms with van der Waals surface area (Å²) < 4.78 is 5.32. The molecule has 0 saturated heterocycles. The molecule has 0 saturated carbocycles. The highest BCUT2D eigenvalue weighted by Crippen LogP contribution is 2.30. The Labute approximate surface area is 188 Å². The quantitative estimate of drug-likeness (QED) is 0.254. The molecule has 0 aromatic heterocycles. The predicted octanol–water partition coefficient (Wildman–Crippen LogP) is 2.31. The van der Waals surface area contributed by atoms with Gasteiger partial charge in [-0.1, -0.05) is 30.3 Å². The van der Waals surface area contributed by atoms with Crippen LogP contribution in [0.4, 0.5) is 11.4 Å². The molecule has 1 heterocycles. The summed E-state index contributed by atoms with van der Waals surface area (Å²) in [5.74, 6) is -0.553. The SMILES string of the molecule is CCOC(=O)/C(=C(\CN1CCc2ccccc21)NC=O)C(N)c1cccc(N(C)OC)c1. The summed E-state index contributed by atoms with van der Waals surface area (Å²) >= 11 is 0. The van der Waals surface area contributed by atoms with Crippen molar-refractivity contribution in [2.75, 3.05) is 43.8 Å². The average Bonchev–Trinajstić information content (AvgIpc) is 3.22. The molecule has 8 nitrogen and oxygen atoms in total. The van der Waals surface area contributed by atoms with Crippen molar-refractivity contribution in [1.29, 1.82) is 0 Å². The molecule has 0 aliphatic carbocycles. The van der Waals surface area contributed by atoms with Gasteiger partial charge in [0, 0.05) is 25.0 Å². The zero-order valence-corrected chi connectivity index (χ0v) is 18.7. The fraction of sp³-hybridized carbons (Fsp3) is 0.333. The number of nitrogens with one attached hydrogen (secondary N) is 1. The second-order valence-corrected chi connectivity index (χ2v) is 7.43. The number of esters is 1. The Hall–Kier alpha value is -3.36. The van der Waals surface area contributed by atoms with E-state index in [-0.39, 0.29) is 12.2 Å². The minimum absolute atomic E-state index is 0.197. The van der Waals surface area contributed by atoms with Crippen LogP contribution in [0.25, 0.3) is 0 Å². The Morgan fingerprint density at radius 1 is 1.28 bits per heavy atom. The number of para-hydroxylation sites is 1. The first kappa shape index (κ1) is 23.3. The maximum Gasteiger partial charge on any atom is 0.337 e. The molecule has 2 aromatic rings. The van der Waals surface area contributed by atoms with Gasteiger partial charge in [0.05, 0.1) is 37.6 Å². The van der Waals surface area contributed by atoms with E-state index in [4.69, 9.17) is 15.3 Å². The molecule has 0 bridgehead atoms. The van der Waals surface area contributed by atoms with Crippen LogP contribution in [0.15, 0.2) is 59.8 Å². The van der Waals surface area contributed by atoms with Crippen molar-refractivity contribution in [2.24, 2.45) is 5.73 Å². The average molecular weight is 439 g/mol. The third-order valence-corrected chi connectivity index (χ3v) is 5.56. The normalized spacial score (nSPS) is 14.3. The van der Waals surface area contributed by atoms with E-state index in [0.717, 1.165) is 24.3 Å². The Balaban J connectivity index is 2.02. The summed E-state index contributed by atoms with van der Waals surface area (Å²) in [4.78, 5) is 31.9. The van der Waals surface area contributed by atoms with E-state index in [1.165, 1.54) is 5.56 Å². The Bertz CT molecular complexity index is 991. The summed E-state index contributed by atoms with van der Waals surface area (Å²) in [5.41, 5.74) is 11.0. The van der Waals surface area contributed by atoms with E-state index in [1.54, 1.807) is 26.1 Å². The van der Waals surface area contributed by atoms with Gasteiger partial charge in [-0.05, 0) is 42.7 Å². The first-order chi connectivity index (χ1) is 15.5. The van der Waals surface area contributed by atoms with Gasteiger partial charge in [0.15, 0.2) is 0 Å². The number of amides is 1. The van der Waals surface area contributed by atoms with Crippen LogP contribution in [0.1, 0.15) is 24.1 Å². The Morgan fingerprint density at radius 3 is 2.78 bits per heavy atom. The summed E-state index contributed by atoms with van der Waals surface area (Å²) in [5, 5.41) is 4.31. The molecule has 0 radical (unpaired) electrons. The molecule has 3 rings (SSSR count). The third kappa shape index (κ3) is 5.09. The minimum Gasteiger partial charge on any atom is -0.463 e. The highest BCUT2D eigenvalue weighted by molar-refractivity contribution is 5.91. The van der Waals surface area contributed by atoms with E-state index >= 15 is 0 Å². The second kappa shape index (κ2) is 10.8. The number of hydrogen-bond acceptors (Lipinski definition) is 7. The summed E-state index contributed by atoms with van der Waals surface area (Å²) in [6, 6.07) is 14.7. The highest BCUT2D eigenvalue weighted by Gasteiger charge is 2.28. The van der Waals surface area contributed by atoms with Crippen LogP contribution in [0.5, 0.6) is 0 Å².